The molecular formula is C16H15BrO5. The van der Waals surface area contributed by atoms with Gasteiger partial charge in [-0.15, -0.1) is 0 Å². The van der Waals surface area contributed by atoms with E-state index in [9.17, 15) is 14.4 Å². The number of hydrogen-bond donors (Lipinski definition) is 1. The molecule has 1 N–H and O–H groups in total. The summed E-state index contributed by atoms with van der Waals surface area (Å²) < 4.78 is 6.83. The zero-order chi connectivity index (χ0) is 15.9. The maximum Gasteiger partial charge on any atom is 0.373 e. The summed E-state index contributed by atoms with van der Waals surface area (Å²) in [4.78, 5) is 36.1. The number of carbonyl (C=O) groups is 3. The number of benzene rings is 1. The zero-order valence-electron chi connectivity index (χ0n) is 11.8. The number of ketones is 2. The van der Waals surface area contributed by atoms with Crippen molar-refractivity contribution in [2.75, 3.05) is 0 Å². The van der Waals surface area contributed by atoms with Gasteiger partial charge in [-0.25, -0.2) is 4.79 Å². The van der Waals surface area contributed by atoms with Gasteiger partial charge in [0.2, 0.25) is 0 Å². The van der Waals surface area contributed by atoms with Crippen LogP contribution in [0.1, 0.15) is 42.5 Å². The van der Waals surface area contributed by atoms with Crippen molar-refractivity contribution in [3.63, 3.8) is 0 Å². The first-order valence-electron chi connectivity index (χ1n) is 7.24. The summed E-state index contributed by atoms with van der Waals surface area (Å²) in [5.41, 5.74) is -0.738. The largest absolute Gasteiger partial charge is 0.485 e. The Hall–Kier alpha value is -1.69. The van der Waals surface area contributed by atoms with E-state index in [0.29, 0.717) is 18.6 Å². The smallest absolute Gasteiger partial charge is 0.373 e. The molecule has 1 fully saturated rings. The van der Waals surface area contributed by atoms with Gasteiger partial charge < -0.3 is 9.84 Å². The lowest BCUT2D eigenvalue weighted by molar-refractivity contribution is -0.154. The second kappa shape index (κ2) is 5.50. The summed E-state index contributed by atoms with van der Waals surface area (Å²) in [7, 11) is 0. The topological polar surface area (TPSA) is 80.7 Å². The molecule has 1 aromatic carbocycles. The molecule has 0 aromatic heterocycles. The first-order chi connectivity index (χ1) is 10.4. The van der Waals surface area contributed by atoms with E-state index >= 15 is 0 Å². The van der Waals surface area contributed by atoms with Gasteiger partial charge in [-0.3, -0.25) is 9.59 Å². The van der Waals surface area contributed by atoms with E-state index in [1.54, 1.807) is 18.2 Å². The predicted octanol–water partition coefficient (Wildman–Crippen LogP) is 3.00. The third kappa shape index (κ3) is 2.35. The number of halogens is 1. The van der Waals surface area contributed by atoms with Gasteiger partial charge in [0.1, 0.15) is 17.3 Å². The number of carboxylic acids is 1. The van der Waals surface area contributed by atoms with Crippen molar-refractivity contribution in [3.8, 4) is 5.75 Å². The summed E-state index contributed by atoms with van der Waals surface area (Å²) in [6.07, 6.45) is 3.68. The molecule has 1 heterocycles. The summed E-state index contributed by atoms with van der Waals surface area (Å²) >= 11 is 3.34. The lowest BCUT2D eigenvalue weighted by Crippen LogP contribution is -2.56. The summed E-state index contributed by atoms with van der Waals surface area (Å²) in [5, 5.41) is 9.09. The molecule has 0 saturated heterocycles. The van der Waals surface area contributed by atoms with Gasteiger partial charge in [0.05, 0.1) is 5.56 Å². The maximum atomic E-state index is 12.8. The standard InChI is InChI=1S/C16H15BrO5/c17-9-4-5-10-11(8-9)22-16(6-2-1-3-7-16)12(13(10)18)14(19)15(20)21/h4-5,8,12H,1-3,6-7H2,(H,20,21). The lowest BCUT2D eigenvalue weighted by atomic mass is 9.69. The minimum absolute atomic E-state index is 0.277. The van der Waals surface area contributed by atoms with Crippen LogP contribution in [0.25, 0.3) is 0 Å². The van der Waals surface area contributed by atoms with Gasteiger partial charge in [0.25, 0.3) is 5.78 Å². The van der Waals surface area contributed by atoms with Gasteiger partial charge in [0, 0.05) is 4.47 Å². The van der Waals surface area contributed by atoms with Crippen LogP contribution in [0.15, 0.2) is 22.7 Å². The van der Waals surface area contributed by atoms with Gasteiger partial charge in [0.15, 0.2) is 5.78 Å². The highest BCUT2D eigenvalue weighted by Crippen LogP contribution is 2.46. The van der Waals surface area contributed by atoms with Crippen LogP contribution < -0.4 is 4.74 Å². The van der Waals surface area contributed by atoms with E-state index in [2.05, 4.69) is 15.9 Å². The number of carbonyl (C=O) groups excluding carboxylic acids is 2. The minimum atomic E-state index is -1.58. The second-order valence-electron chi connectivity index (χ2n) is 5.83. The molecule has 1 aromatic rings. The Labute approximate surface area is 135 Å². The summed E-state index contributed by atoms with van der Waals surface area (Å²) in [6, 6.07) is 4.95. The monoisotopic (exact) mass is 366 g/mol. The fourth-order valence-electron chi connectivity index (χ4n) is 3.48. The van der Waals surface area contributed by atoms with Crippen LogP contribution in [0.4, 0.5) is 0 Å². The summed E-state index contributed by atoms with van der Waals surface area (Å²) in [5.74, 6) is -3.91. The van der Waals surface area contributed by atoms with E-state index in [0.717, 1.165) is 23.7 Å². The van der Waals surface area contributed by atoms with E-state index in [1.165, 1.54) is 0 Å². The van der Waals surface area contributed by atoms with Gasteiger partial charge in [-0.2, -0.15) is 0 Å². The number of ether oxygens (including phenoxy) is 1. The van der Waals surface area contributed by atoms with Crippen LogP contribution in [-0.4, -0.2) is 28.2 Å². The fraction of sp³-hybridized carbons (Fsp3) is 0.438. The normalized spacial score (nSPS) is 22.8. The van der Waals surface area contributed by atoms with E-state index in [1.807, 2.05) is 0 Å². The van der Waals surface area contributed by atoms with E-state index < -0.39 is 29.1 Å². The maximum absolute atomic E-state index is 12.8. The van der Waals surface area contributed by atoms with Crippen LogP contribution in [0.5, 0.6) is 5.75 Å². The quantitative estimate of drug-likeness (QED) is 0.642. The lowest BCUT2D eigenvalue weighted by Gasteiger charge is -2.44. The molecule has 6 heteroatoms. The number of aliphatic carboxylic acids is 1. The zero-order valence-corrected chi connectivity index (χ0v) is 13.4. The van der Waals surface area contributed by atoms with Crippen molar-refractivity contribution >= 4 is 33.5 Å². The fourth-order valence-corrected chi connectivity index (χ4v) is 3.82. The Bertz CT molecular complexity index is 661. The first-order valence-corrected chi connectivity index (χ1v) is 8.04. The number of hydrogen-bond acceptors (Lipinski definition) is 4. The van der Waals surface area contributed by atoms with Crippen molar-refractivity contribution in [1.82, 2.24) is 0 Å². The van der Waals surface area contributed by atoms with Crippen molar-refractivity contribution in [1.29, 1.82) is 0 Å². The highest BCUT2D eigenvalue weighted by Gasteiger charge is 2.55. The third-order valence-corrected chi connectivity index (χ3v) is 4.98. The molecule has 0 radical (unpaired) electrons. The summed E-state index contributed by atoms with van der Waals surface area (Å²) in [6.45, 7) is 0. The third-order valence-electron chi connectivity index (χ3n) is 4.48. The van der Waals surface area contributed by atoms with Crippen LogP contribution in [0.3, 0.4) is 0 Å². The molecule has 1 saturated carbocycles. The van der Waals surface area contributed by atoms with Crippen LogP contribution in [0.2, 0.25) is 0 Å². The SMILES string of the molecule is O=C(O)C(=O)C1C(=O)c2ccc(Br)cc2OC12CCCCC2. The van der Waals surface area contributed by atoms with Crippen LogP contribution in [0, 0.1) is 5.92 Å². The number of Topliss-reactive ketones (excluding diaryl/α,β-unsaturated/α-hetero) is 2. The molecule has 116 valence electrons. The molecule has 1 aliphatic heterocycles. The Morgan fingerprint density at radius 3 is 2.55 bits per heavy atom. The first kappa shape index (κ1) is 15.2. The molecule has 1 aliphatic carbocycles. The van der Waals surface area contributed by atoms with Crippen molar-refractivity contribution in [2.24, 2.45) is 5.92 Å². The predicted molar refractivity (Wildman–Crippen MR) is 81.0 cm³/mol. The Morgan fingerprint density at radius 1 is 1.23 bits per heavy atom. The van der Waals surface area contributed by atoms with Gasteiger partial charge >= 0.3 is 5.97 Å². The van der Waals surface area contributed by atoms with Crippen molar-refractivity contribution in [2.45, 2.75) is 37.7 Å². The average Bonchev–Trinajstić information content (AvgIpc) is 2.47. The number of carboxylic acid groups (broad SMARTS) is 1. The molecule has 1 spiro atoms. The Balaban J connectivity index is 2.12. The molecule has 2 aliphatic rings. The van der Waals surface area contributed by atoms with E-state index in [-0.39, 0.29) is 5.56 Å². The highest BCUT2D eigenvalue weighted by atomic mass is 79.9. The molecule has 22 heavy (non-hydrogen) atoms. The Kier molecular flexibility index (Phi) is 3.80. The molecule has 0 bridgehead atoms. The minimum Gasteiger partial charge on any atom is -0.485 e. The van der Waals surface area contributed by atoms with Gasteiger partial charge in [-0.05, 0) is 43.9 Å². The highest BCUT2D eigenvalue weighted by molar-refractivity contribution is 9.10. The molecule has 1 unspecified atom stereocenters. The molecule has 5 nitrogen and oxygen atoms in total. The molecule has 1 atom stereocenters. The molecule has 3 rings (SSSR count). The average molecular weight is 367 g/mol. The van der Waals surface area contributed by atoms with Crippen LogP contribution in [-0.2, 0) is 9.59 Å². The number of fused-ring (bicyclic) bond motifs is 1. The molecular weight excluding hydrogens is 352 g/mol. The second-order valence-corrected chi connectivity index (χ2v) is 6.75. The Morgan fingerprint density at radius 2 is 1.91 bits per heavy atom. The molecule has 0 amide bonds. The number of rotatable bonds is 2. The van der Waals surface area contributed by atoms with Crippen molar-refractivity contribution in [3.05, 3.63) is 28.2 Å². The van der Waals surface area contributed by atoms with Crippen LogP contribution >= 0.6 is 15.9 Å². The van der Waals surface area contributed by atoms with Crippen molar-refractivity contribution < 1.29 is 24.2 Å². The van der Waals surface area contributed by atoms with Gasteiger partial charge in [-0.1, -0.05) is 22.4 Å². The van der Waals surface area contributed by atoms with E-state index in [4.69, 9.17) is 9.84 Å².